The van der Waals surface area contributed by atoms with Gasteiger partial charge in [0, 0.05) is 29.4 Å². The average molecular weight is 311 g/mol. The van der Waals surface area contributed by atoms with Crippen LogP contribution in [0.4, 0.5) is 0 Å². The zero-order valence-electron chi connectivity index (χ0n) is 9.02. The topological polar surface area (TPSA) is 42.0 Å². The average Bonchev–Trinajstić information content (AvgIpc) is 2.76. The van der Waals surface area contributed by atoms with Crippen molar-refractivity contribution in [2.45, 2.75) is 6.42 Å². The summed E-state index contributed by atoms with van der Waals surface area (Å²) in [5, 5.41) is 2.88. The van der Waals surface area contributed by atoms with Gasteiger partial charge in [0.05, 0.1) is 3.79 Å². The number of aromatic nitrogens is 1. The van der Waals surface area contributed by atoms with Gasteiger partial charge in [-0.25, -0.2) is 0 Å². The molecule has 2 rings (SSSR count). The van der Waals surface area contributed by atoms with E-state index in [0.717, 1.165) is 10.2 Å². The highest BCUT2D eigenvalue weighted by Crippen LogP contribution is 2.22. The van der Waals surface area contributed by atoms with E-state index in [2.05, 4.69) is 32.3 Å². The second kappa shape index (κ2) is 5.93. The maximum absolute atomic E-state index is 11.7. The van der Waals surface area contributed by atoms with E-state index in [1.54, 1.807) is 35.9 Å². The Morgan fingerprint density at radius 3 is 2.71 bits per heavy atom. The molecule has 0 aliphatic carbocycles. The van der Waals surface area contributed by atoms with Gasteiger partial charge in [0.2, 0.25) is 0 Å². The monoisotopic (exact) mass is 310 g/mol. The lowest BCUT2D eigenvalue weighted by atomic mass is 10.2. The first kappa shape index (κ1) is 12.3. The fraction of sp³-hybridized carbons (Fsp3) is 0.167. The van der Waals surface area contributed by atoms with Crippen LogP contribution in [0.15, 0.2) is 40.4 Å². The van der Waals surface area contributed by atoms with Crippen LogP contribution in [0.25, 0.3) is 0 Å². The molecule has 2 aromatic heterocycles. The number of thiophene rings is 1. The van der Waals surface area contributed by atoms with Gasteiger partial charge in [0.25, 0.3) is 5.91 Å². The molecule has 1 N–H and O–H groups in total. The number of nitrogens with zero attached hydrogens (tertiary/aromatic N) is 1. The minimum atomic E-state index is -0.0528. The Kier molecular flexibility index (Phi) is 4.28. The Labute approximate surface area is 112 Å². The largest absolute Gasteiger partial charge is 0.352 e. The fourth-order valence-corrected chi connectivity index (χ4v) is 2.87. The number of nitrogens with one attached hydrogen (secondary N) is 1. The molecule has 17 heavy (non-hydrogen) atoms. The van der Waals surface area contributed by atoms with E-state index in [0.29, 0.717) is 12.1 Å². The number of hydrogen-bond acceptors (Lipinski definition) is 3. The molecule has 0 spiro atoms. The van der Waals surface area contributed by atoms with E-state index >= 15 is 0 Å². The first-order valence-corrected chi connectivity index (χ1v) is 6.79. The molecule has 5 heteroatoms. The lowest BCUT2D eigenvalue weighted by molar-refractivity contribution is 0.0954. The third kappa shape index (κ3) is 3.64. The SMILES string of the molecule is O=C(NCCc1ccc(Br)s1)c1ccncc1. The molecule has 2 aromatic rings. The fourth-order valence-electron chi connectivity index (χ4n) is 1.39. The molecular weight excluding hydrogens is 300 g/mol. The van der Waals surface area contributed by atoms with E-state index in [-0.39, 0.29) is 5.91 Å². The predicted molar refractivity (Wildman–Crippen MR) is 72.3 cm³/mol. The number of carbonyl (C=O) groups is 1. The lowest BCUT2D eigenvalue weighted by Gasteiger charge is -2.03. The second-order valence-corrected chi connectivity index (χ2v) is 6.00. The van der Waals surface area contributed by atoms with Gasteiger partial charge in [-0.05, 0) is 46.6 Å². The maximum Gasteiger partial charge on any atom is 0.251 e. The van der Waals surface area contributed by atoms with E-state index in [1.807, 2.05) is 6.07 Å². The standard InChI is InChI=1S/C12H11BrN2OS/c13-11-2-1-10(17-11)5-8-15-12(16)9-3-6-14-7-4-9/h1-4,6-7H,5,8H2,(H,15,16). The number of carbonyl (C=O) groups excluding carboxylic acids is 1. The van der Waals surface area contributed by atoms with Gasteiger partial charge in [-0.15, -0.1) is 11.3 Å². The van der Waals surface area contributed by atoms with Crippen LogP contribution in [0.2, 0.25) is 0 Å². The number of hydrogen-bond donors (Lipinski definition) is 1. The molecule has 0 bridgehead atoms. The van der Waals surface area contributed by atoms with Gasteiger partial charge < -0.3 is 5.32 Å². The van der Waals surface area contributed by atoms with E-state index in [4.69, 9.17) is 0 Å². The van der Waals surface area contributed by atoms with E-state index in [1.165, 1.54) is 4.88 Å². The van der Waals surface area contributed by atoms with Gasteiger partial charge in [0.15, 0.2) is 0 Å². The van der Waals surface area contributed by atoms with Crippen LogP contribution >= 0.6 is 27.3 Å². The molecule has 0 saturated heterocycles. The normalized spacial score (nSPS) is 10.2. The molecule has 0 unspecified atom stereocenters. The molecular formula is C12H11BrN2OS. The van der Waals surface area contributed by atoms with Crippen molar-refractivity contribution in [1.82, 2.24) is 10.3 Å². The van der Waals surface area contributed by atoms with Crippen molar-refractivity contribution >= 4 is 33.2 Å². The molecule has 88 valence electrons. The van der Waals surface area contributed by atoms with Crippen LogP contribution in [0.5, 0.6) is 0 Å². The van der Waals surface area contributed by atoms with Crippen molar-refractivity contribution in [2.75, 3.05) is 6.54 Å². The summed E-state index contributed by atoms with van der Waals surface area (Å²) in [6, 6.07) is 7.49. The van der Waals surface area contributed by atoms with Gasteiger partial charge in [-0.3, -0.25) is 9.78 Å². The van der Waals surface area contributed by atoms with Crippen LogP contribution in [0.3, 0.4) is 0 Å². The first-order chi connectivity index (χ1) is 8.25. The van der Waals surface area contributed by atoms with Crippen molar-refractivity contribution in [1.29, 1.82) is 0 Å². The van der Waals surface area contributed by atoms with Crippen molar-refractivity contribution < 1.29 is 4.79 Å². The Morgan fingerprint density at radius 1 is 1.29 bits per heavy atom. The molecule has 0 atom stereocenters. The highest BCUT2D eigenvalue weighted by Gasteiger charge is 2.04. The van der Waals surface area contributed by atoms with Crippen LogP contribution in [0, 0.1) is 0 Å². The van der Waals surface area contributed by atoms with E-state index in [9.17, 15) is 4.79 Å². The van der Waals surface area contributed by atoms with Crippen LogP contribution in [-0.4, -0.2) is 17.4 Å². The molecule has 0 aromatic carbocycles. The van der Waals surface area contributed by atoms with Crippen molar-refractivity contribution in [2.24, 2.45) is 0 Å². The minimum Gasteiger partial charge on any atom is -0.352 e. The smallest absolute Gasteiger partial charge is 0.251 e. The summed E-state index contributed by atoms with van der Waals surface area (Å²) in [4.78, 5) is 16.8. The summed E-state index contributed by atoms with van der Waals surface area (Å²) in [6.45, 7) is 0.647. The molecule has 0 saturated carbocycles. The lowest BCUT2D eigenvalue weighted by Crippen LogP contribution is -2.25. The number of pyridine rings is 1. The van der Waals surface area contributed by atoms with E-state index < -0.39 is 0 Å². The van der Waals surface area contributed by atoms with Gasteiger partial charge in [-0.2, -0.15) is 0 Å². The predicted octanol–water partition coefficient (Wildman–Crippen LogP) is 2.88. The van der Waals surface area contributed by atoms with Crippen molar-refractivity contribution in [3.05, 3.63) is 50.9 Å². The molecule has 0 aliphatic heterocycles. The first-order valence-electron chi connectivity index (χ1n) is 5.18. The summed E-state index contributed by atoms with van der Waals surface area (Å²) in [5.41, 5.74) is 0.646. The quantitative estimate of drug-likeness (QED) is 0.943. The Morgan fingerprint density at radius 2 is 2.06 bits per heavy atom. The molecule has 3 nitrogen and oxygen atoms in total. The molecule has 0 fully saturated rings. The highest BCUT2D eigenvalue weighted by molar-refractivity contribution is 9.11. The summed E-state index contributed by atoms with van der Waals surface area (Å²) in [6.07, 6.45) is 4.09. The number of rotatable bonds is 4. The summed E-state index contributed by atoms with van der Waals surface area (Å²) in [7, 11) is 0. The summed E-state index contributed by atoms with van der Waals surface area (Å²) < 4.78 is 1.12. The van der Waals surface area contributed by atoms with Gasteiger partial charge in [-0.1, -0.05) is 0 Å². The van der Waals surface area contributed by atoms with Crippen molar-refractivity contribution in [3.63, 3.8) is 0 Å². The van der Waals surface area contributed by atoms with Crippen LogP contribution in [0.1, 0.15) is 15.2 Å². The maximum atomic E-state index is 11.7. The number of halogens is 1. The zero-order valence-corrected chi connectivity index (χ0v) is 11.4. The zero-order chi connectivity index (χ0) is 12.1. The minimum absolute atomic E-state index is 0.0528. The molecule has 0 radical (unpaired) electrons. The van der Waals surface area contributed by atoms with Gasteiger partial charge >= 0.3 is 0 Å². The summed E-state index contributed by atoms with van der Waals surface area (Å²) >= 11 is 5.10. The van der Waals surface area contributed by atoms with Crippen LogP contribution < -0.4 is 5.32 Å². The second-order valence-electron chi connectivity index (χ2n) is 3.45. The molecule has 0 aliphatic rings. The Bertz CT molecular complexity index is 498. The third-order valence-corrected chi connectivity index (χ3v) is 3.91. The summed E-state index contributed by atoms with van der Waals surface area (Å²) in [5.74, 6) is -0.0528. The van der Waals surface area contributed by atoms with Gasteiger partial charge in [0.1, 0.15) is 0 Å². The Hall–Kier alpha value is -1.20. The molecule has 1 amide bonds. The Balaban J connectivity index is 1.81. The number of amides is 1. The molecule has 2 heterocycles. The third-order valence-electron chi connectivity index (χ3n) is 2.23. The van der Waals surface area contributed by atoms with Crippen LogP contribution in [-0.2, 0) is 6.42 Å². The van der Waals surface area contributed by atoms with Crippen molar-refractivity contribution in [3.8, 4) is 0 Å². The highest BCUT2D eigenvalue weighted by atomic mass is 79.9.